The lowest BCUT2D eigenvalue weighted by molar-refractivity contribution is 0.623. The minimum Gasteiger partial charge on any atom is -0.435 e. The molecule has 0 bridgehead atoms. The highest BCUT2D eigenvalue weighted by Gasteiger charge is 2.19. The maximum atomic E-state index is 6.43. The van der Waals surface area contributed by atoms with Crippen LogP contribution in [0.2, 0.25) is 0 Å². The van der Waals surface area contributed by atoms with Crippen molar-refractivity contribution in [2.75, 3.05) is 4.90 Å². The summed E-state index contributed by atoms with van der Waals surface area (Å²) in [4.78, 5) is 7.35. The Hall–Kier alpha value is -8.21. The fourth-order valence-corrected chi connectivity index (χ4v) is 9.06. The van der Waals surface area contributed by atoms with Crippen molar-refractivity contribution in [2.45, 2.75) is 0 Å². The summed E-state index contributed by atoms with van der Waals surface area (Å²) < 4.78 is 8.81. The highest BCUT2D eigenvalue weighted by Crippen LogP contribution is 2.42. The molecule has 0 atom stereocenters. The van der Waals surface area contributed by atoms with Crippen LogP contribution in [0.3, 0.4) is 0 Å². The fourth-order valence-electron chi connectivity index (χ4n) is 9.06. The summed E-state index contributed by atoms with van der Waals surface area (Å²) >= 11 is 0. The predicted molar refractivity (Wildman–Crippen MR) is 254 cm³/mol. The van der Waals surface area contributed by atoms with Crippen LogP contribution >= 0.6 is 0 Å². The Labute approximate surface area is 352 Å². The average Bonchev–Trinajstić information content (AvgIpc) is 3.92. The van der Waals surface area contributed by atoms with Crippen molar-refractivity contribution in [1.82, 2.24) is 9.55 Å². The van der Waals surface area contributed by atoms with Crippen LogP contribution in [0.5, 0.6) is 0 Å². The van der Waals surface area contributed by atoms with Gasteiger partial charge in [-0.15, -0.1) is 0 Å². The van der Waals surface area contributed by atoms with Crippen LogP contribution < -0.4 is 4.90 Å². The van der Waals surface area contributed by atoms with Gasteiger partial charge >= 0.3 is 0 Å². The SMILES string of the molecule is c1ccc(-c2nc3cc(-c4ccc(N(c5ccc(-c6ccc7ccccc7c6)cc5)c5ccc6c7ccccc7n(-c7ccccc7)c6c5)cc4)c4ccccc4c3o2)cc1. The molecule has 0 fully saturated rings. The third-order valence-corrected chi connectivity index (χ3v) is 12.0. The Balaban J connectivity index is 1.00. The molecule has 4 nitrogen and oxygen atoms in total. The molecular weight excluding hydrogens is 743 g/mol. The van der Waals surface area contributed by atoms with E-state index in [1.807, 2.05) is 30.3 Å². The van der Waals surface area contributed by atoms with Crippen LogP contribution in [0, 0.1) is 0 Å². The molecule has 0 radical (unpaired) electrons. The molecule has 0 N–H and O–H groups in total. The lowest BCUT2D eigenvalue weighted by Crippen LogP contribution is -2.10. The van der Waals surface area contributed by atoms with Gasteiger partial charge in [-0.25, -0.2) is 4.98 Å². The molecule has 0 aliphatic carbocycles. The molecule has 2 heterocycles. The summed E-state index contributed by atoms with van der Waals surface area (Å²) in [7, 11) is 0. The van der Waals surface area contributed by atoms with E-state index in [0.717, 1.165) is 66.8 Å². The quantitative estimate of drug-likeness (QED) is 0.162. The number of oxazole rings is 1. The number of para-hydroxylation sites is 2. The van der Waals surface area contributed by atoms with Crippen molar-refractivity contribution in [3.8, 4) is 39.4 Å². The third kappa shape index (κ3) is 5.96. The maximum absolute atomic E-state index is 6.43. The first-order chi connectivity index (χ1) is 30.2. The first kappa shape index (κ1) is 34.8. The number of hydrogen-bond donors (Lipinski definition) is 0. The fraction of sp³-hybridized carbons (Fsp3) is 0. The van der Waals surface area contributed by atoms with Gasteiger partial charge in [-0.1, -0.05) is 146 Å². The highest BCUT2D eigenvalue weighted by molar-refractivity contribution is 6.12. The first-order valence-electron chi connectivity index (χ1n) is 20.7. The van der Waals surface area contributed by atoms with E-state index in [2.05, 4.69) is 204 Å². The van der Waals surface area contributed by atoms with Gasteiger partial charge in [-0.2, -0.15) is 0 Å². The number of benzene rings is 10. The number of rotatable bonds is 7. The van der Waals surface area contributed by atoms with Gasteiger partial charge in [0.2, 0.25) is 5.89 Å². The number of aromatic nitrogens is 2. The van der Waals surface area contributed by atoms with Crippen LogP contribution in [0.25, 0.3) is 93.8 Å². The van der Waals surface area contributed by atoms with Gasteiger partial charge in [-0.05, 0) is 117 Å². The number of hydrogen-bond acceptors (Lipinski definition) is 3. The van der Waals surface area contributed by atoms with E-state index in [1.54, 1.807) is 0 Å². The Morgan fingerprint density at radius 3 is 1.74 bits per heavy atom. The second-order valence-corrected chi connectivity index (χ2v) is 15.6. The molecule has 0 aliphatic rings. The summed E-state index contributed by atoms with van der Waals surface area (Å²) in [6, 6.07) is 80.1. The zero-order chi connectivity index (χ0) is 40.3. The molecule has 286 valence electrons. The van der Waals surface area contributed by atoms with Gasteiger partial charge in [-0.3, -0.25) is 0 Å². The number of anilines is 3. The van der Waals surface area contributed by atoms with Gasteiger partial charge in [0, 0.05) is 44.5 Å². The molecule has 0 aliphatic heterocycles. The van der Waals surface area contributed by atoms with E-state index in [0.29, 0.717) is 5.89 Å². The Bertz CT molecular complexity index is 3570. The monoisotopic (exact) mass is 779 g/mol. The summed E-state index contributed by atoms with van der Waals surface area (Å²) in [6.45, 7) is 0. The molecule has 0 amide bonds. The van der Waals surface area contributed by atoms with Crippen LogP contribution in [0.1, 0.15) is 0 Å². The summed E-state index contributed by atoms with van der Waals surface area (Å²) in [5, 5.41) is 7.10. The van der Waals surface area contributed by atoms with Crippen LogP contribution in [0.4, 0.5) is 17.1 Å². The highest BCUT2D eigenvalue weighted by atomic mass is 16.3. The Kier molecular flexibility index (Phi) is 8.13. The second kappa shape index (κ2) is 14.3. The summed E-state index contributed by atoms with van der Waals surface area (Å²) in [5.41, 5.74) is 13.9. The van der Waals surface area contributed by atoms with Gasteiger partial charge in [0.15, 0.2) is 5.58 Å². The van der Waals surface area contributed by atoms with Crippen LogP contribution in [0.15, 0.2) is 229 Å². The van der Waals surface area contributed by atoms with Crippen molar-refractivity contribution in [3.63, 3.8) is 0 Å². The third-order valence-electron chi connectivity index (χ3n) is 12.0. The largest absolute Gasteiger partial charge is 0.435 e. The van der Waals surface area contributed by atoms with Crippen molar-refractivity contribution in [1.29, 1.82) is 0 Å². The van der Waals surface area contributed by atoms with Gasteiger partial charge in [0.05, 0.1) is 11.0 Å². The normalized spacial score (nSPS) is 11.6. The molecule has 0 saturated heterocycles. The van der Waals surface area contributed by atoms with Crippen molar-refractivity contribution >= 4 is 71.5 Å². The van der Waals surface area contributed by atoms with Crippen LogP contribution in [-0.2, 0) is 0 Å². The Morgan fingerprint density at radius 1 is 0.377 bits per heavy atom. The second-order valence-electron chi connectivity index (χ2n) is 15.6. The molecule has 0 unspecified atom stereocenters. The van der Waals surface area contributed by atoms with Crippen molar-refractivity contribution < 1.29 is 4.42 Å². The Morgan fingerprint density at radius 2 is 0.967 bits per heavy atom. The molecule has 12 rings (SSSR count). The van der Waals surface area contributed by atoms with Crippen LogP contribution in [-0.4, -0.2) is 9.55 Å². The zero-order valence-electron chi connectivity index (χ0n) is 33.1. The molecule has 0 saturated carbocycles. The van der Waals surface area contributed by atoms with E-state index in [1.165, 1.54) is 38.2 Å². The summed E-state index contributed by atoms with van der Waals surface area (Å²) in [6.07, 6.45) is 0. The lowest BCUT2D eigenvalue weighted by atomic mass is 9.97. The average molecular weight is 780 g/mol. The zero-order valence-corrected chi connectivity index (χ0v) is 33.1. The summed E-state index contributed by atoms with van der Waals surface area (Å²) in [5.74, 6) is 0.624. The minimum absolute atomic E-state index is 0.624. The van der Waals surface area contributed by atoms with Gasteiger partial charge < -0.3 is 13.9 Å². The number of nitrogens with zero attached hydrogens (tertiary/aromatic N) is 3. The van der Waals surface area contributed by atoms with Crippen molar-refractivity contribution in [2.24, 2.45) is 0 Å². The molecule has 2 aromatic heterocycles. The van der Waals surface area contributed by atoms with Gasteiger partial charge in [0.1, 0.15) is 5.52 Å². The molecule has 61 heavy (non-hydrogen) atoms. The van der Waals surface area contributed by atoms with Gasteiger partial charge in [0.25, 0.3) is 0 Å². The smallest absolute Gasteiger partial charge is 0.227 e. The van der Waals surface area contributed by atoms with Crippen molar-refractivity contribution in [3.05, 3.63) is 224 Å². The molecule has 0 spiro atoms. The molecular formula is C57H37N3O. The van der Waals surface area contributed by atoms with E-state index in [9.17, 15) is 0 Å². The lowest BCUT2D eigenvalue weighted by Gasteiger charge is -2.26. The van der Waals surface area contributed by atoms with E-state index < -0.39 is 0 Å². The standard InChI is InChI=1S/C57H37N3O/c1-3-14-41(15-4-1)57-58-53-37-52(48-19-9-10-21-51(48)56(53)61-57)40-27-31-46(32-28-40)59(45-29-25-39(26-30-45)43-24-23-38-13-7-8-16-42(38)35-43)47-33-34-50-49-20-11-12-22-54(49)60(55(50)36-47)44-17-5-2-6-18-44/h1-37H. The van der Waals surface area contributed by atoms with E-state index in [-0.39, 0.29) is 0 Å². The molecule has 4 heteroatoms. The maximum Gasteiger partial charge on any atom is 0.227 e. The minimum atomic E-state index is 0.624. The topological polar surface area (TPSA) is 34.2 Å². The molecule has 10 aromatic carbocycles. The first-order valence-corrected chi connectivity index (χ1v) is 20.7. The predicted octanol–water partition coefficient (Wildman–Crippen LogP) is 15.7. The molecule has 12 aromatic rings. The van der Waals surface area contributed by atoms with E-state index >= 15 is 0 Å². The number of fused-ring (bicyclic) bond motifs is 7. The van der Waals surface area contributed by atoms with E-state index in [4.69, 9.17) is 9.40 Å².